The van der Waals surface area contributed by atoms with Gasteiger partial charge in [-0.25, -0.2) is 0 Å². The van der Waals surface area contributed by atoms with Gasteiger partial charge in [-0.05, 0) is 17.2 Å². The van der Waals surface area contributed by atoms with Crippen molar-refractivity contribution in [3.05, 3.63) is 35.5 Å². The van der Waals surface area contributed by atoms with Crippen LogP contribution in [-0.2, 0) is 6.42 Å². The molecule has 3 heteroatoms. The number of carbonyl (C=O) groups is 1. The van der Waals surface area contributed by atoms with Crippen molar-refractivity contribution < 1.29 is 57.5 Å². The Bertz CT molecular complexity index is 569. The molecule has 0 N–H and O–H groups in total. The summed E-state index contributed by atoms with van der Waals surface area (Å²) >= 11 is 0. The minimum atomic E-state index is -0.641. The van der Waals surface area contributed by atoms with Crippen LogP contribution in [0.15, 0.2) is 24.3 Å². The second-order valence-corrected chi connectivity index (χ2v) is 5.29. The number of benzene rings is 1. The molecule has 0 spiro atoms. The number of hydrogen-bond acceptors (Lipinski definition) is 1. The summed E-state index contributed by atoms with van der Waals surface area (Å²) in [6.45, 7) is 6.31. The summed E-state index contributed by atoms with van der Waals surface area (Å²) in [4.78, 5) is 15.9. The SMILES string of the molecule is [2H]C(=O)c1c(CC(C)(C)C)[n-]c2ccccc12.[K+]. The number of hydrogen-bond donors (Lipinski definition) is 0. The van der Waals surface area contributed by atoms with Crippen molar-refractivity contribution in [3.8, 4) is 0 Å². The standard InChI is InChI=1S/C14H17NO.K/c1-14(2,3)8-13-11(9-16)10-6-4-5-7-12(10)15-13;/h4-7,9H,8H2,1-3H3,(H,15,16);/q;+1/p-1/i9D;. The van der Waals surface area contributed by atoms with Gasteiger partial charge < -0.3 is 4.98 Å². The van der Waals surface area contributed by atoms with Crippen LogP contribution in [0.3, 0.4) is 0 Å². The largest absolute Gasteiger partial charge is 1.00 e. The Morgan fingerprint density at radius 3 is 2.59 bits per heavy atom. The molecule has 0 bridgehead atoms. The molecule has 0 fully saturated rings. The maximum Gasteiger partial charge on any atom is 1.00 e. The molecule has 0 saturated heterocycles. The van der Waals surface area contributed by atoms with Gasteiger partial charge >= 0.3 is 51.4 Å². The van der Waals surface area contributed by atoms with E-state index in [2.05, 4.69) is 25.8 Å². The summed E-state index contributed by atoms with van der Waals surface area (Å²) in [5.74, 6) is 0. The molecule has 0 unspecified atom stereocenters. The Kier molecular flexibility index (Phi) is 4.61. The van der Waals surface area contributed by atoms with Crippen LogP contribution in [0.4, 0.5) is 0 Å². The van der Waals surface area contributed by atoms with Crippen LogP contribution < -0.4 is 56.4 Å². The molecule has 0 saturated carbocycles. The molecule has 0 amide bonds. The van der Waals surface area contributed by atoms with Gasteiger partial charge in [-0.1, -0.05) is 45.0 Å². The van der Waals surface area contributed by atoms with Crippen molar-refractivity contribution in [1.29, 1.82) is 0 Å². The Morgan fingerprint density at radius 1 is 1.35 bits per heavy atom. The first-order valence-electron chi connectivity index (χ1n) is 5.94. The fourth-order valence-electron chi connectivity index (χ4n) is 1.88. The monoisotopic (exact) mass is 254 g/mol. The minimum Gasteiger partial charge on any atom is -0.660 e. The molecule has 0 radical (unpaired) electrons. The Labute approximate surface area is 146 Å². The van der Waals surface area contributed by atoms with Gasteiger partial charge in [-0.15, -0.1) is 11.2 Å². The quantitative estimate of drug-likeness (QED) is 0.566. The first-order valence-corrected chi connectivity index (χ1v) is 5.44. The van der Waals surface area contributed by atoms with Gasteiger partial charge in [-0.2, -0.15) is 0 Å². The van der Waals surface area contributed by atoms with E-state index in [0.29, 0.717) is 12.0 Å². The molecule has 2 rings (SSSR count). The zero-order valence-electron chi connectivity index (χ0n) is 11.9. The van der Waals surface area contributed by atoms with Crippen LogP contribution in [-0.4, -0.2) is 6.26 Å². The minimum absolute atomic E-state index is 0. The third-order valence-electron chi connectivity index (χ3n) is 2.52. The zero-order chi connectivity index (χ0) is 12.6. The van der Waals surface area contributed by atoms with Crippen molar-refractivity contribution >= 4 is 17.2 Å². The van der Waals surface area contributed by atoms with Crippen LogP contribution in [0.25, 0.3) is 10.9 Å². The van der Waals surface area contributed by atoms with Crippen LogP contribution >= 0.6 is 0 Å². The molecule has 1 heterocycles. The normalized spacial score (nSPS) is 12.1. The fourth-order valence-corrected chi connectivity index (χ4v) is 1.88. The van der Waals surface area contributed by atoms with Crippen LogP contribution in [0, 0.1) is 5.41 Å². The van der Waals surface area contributed by atoms with Gasteiger partial charge in [0, 0.05) is 5.56 Å². The van der Waals surface area contributed by atoms with E-state index in [9.17, 15) is 4.79 Å². The van der Waals surface area contributed by atoms with Crippen molar-refractivity contribution in [2.75, 3.05) is 0 Å². The van der Waals surface area contributed by atoms with Crippen LogP contribution in [0.5, 0.6) is 0 Å². The number of aldehydes is 1. The van der Waals surface area contributed by atoms with Gasteiger partial charge in [0.1, 0.15) is 7.63 Å². The molecule has 2 aromatic rings. The average molecular weight is 254 g/mol. The van der Waals surface area contributed by atoms with E-state index in [-0.39, 0.29) is 56.8 Å². The molecule has 2 nitrogen and oxygen atoms in total. The van der Waals surface area contributed by atoms with Gasteiger partial charge in [0.05, 0.1) is 0 Å². The molecular formula is C14H16KNO. The van der Waals surface area contributed by atoms with Crippen molar-refractivity contribution in [3.63, 3.8) is 0 Å². The molecule has 1 aromatic carbocycles. The van der Waals surface area contributed by atoms with Crippen molar-refractivity contribution in [1.82, 2.24) is 4.98 Å². The first-order chi connectivity index (χ1) is 7.88. The Balaban J connectivity index is 0.00000162. The number of rotatable bonds is 2. The van der Waals surface area contributed by atoms with Crippen LogP contribution in [0.1, 0.15) is 38.2 Å². The van der Waals surface area contributed by atoms with Crippen molar-refractivity contribution in [2.45, 2.75) is 27.2 Å². The number of fused-ring (bicyclic) bond motifs is 1. The predicted molar refractivity (Wildman–Crippen MR) is 65.8 cm³/mol. The number of nitrogens with zero attached hydrogens (tertiary/aromatic N) is 1. The molecule has 0 aliphatic carbocycles. The number of aromatic nitrogens is 1. The molecule has 0 atom stereocenters. The maximum atomic E-state index is 11.5. The average Bonchev–Trinajstić information content (AvgIpc) is 2.51. The van der Waals surface area contributed by atoms with Crippen LogP contribution in [0.2, 0.25) is 0 Å². The maximum absolute atomic E-state index is 11.5. The fraction of sp³-hybridized carbons (Fsp3) is 0.357. The van der Waals surface area contributed by atoms with E-state index in [4.69, 9.17) is 1.37 Å². The molecular weight excluding hydrogens is 237 g/mol. The number of para-hydroxylation sites is 1. The van der Waals surface area contributed by atoms with Gasteiger partial charge in [0.25, 0.3) is 0 Å². The van der Waals surface area contributed by atoms with Gasteiger partial charge in [0.2, 0.25) is 0 Å². The molecule has 1 aromatic heterocycles. The Hall–Kier alpha value is 0.0664. The predicted octanol–water partition coefficient (Wildman–Crippen LogP) is 0.202. The topological polar surface area (TPSA) is 31.2 Å². The zero-order valence-corrected chi connectivity index (χ0v) is 14.0. The second kappa shape index (κ2) is 5.80. The van der Waals surface area contributed by atoms with E-state index in [1.165, 1.54) is 0 Å². The summed E-state index contributed by atoms with van der Waals surface area (Å²) in [6, 6.07) is 7.51. The van der Waals surface area contributed by atoms with E-state index < -0.39 is 6.26 Å². The van der Waals surface area contributed by atoms with E-state index >= 15 is 0 Å². The van der Waals surface area contributed by atoms with E-state index in [1.54, 1.807) is 0 Å². The Morgan fingerprint density at radius 2 is 2.00 bits per heavy atom. The summed E-state index contributed by atoms with van der Waals surface area (Å²) in [6.07, 6.45) is 0.0692. The smallest absolute Gasteiger partial charge is 0.660 e. The first kappa shape index (κ1) is 13.5. The second-order valence-electron chi connectivity index (χ2n) is 5.29. The molecule has 0 aliphatic heterocycles. The molecule has 84 valence electrons. The summed E-state index contributed by atoms with van der Waals surface area (Å²) in [7, 11) is 0. The third-order valence-corrected chi connectivity index (χ3v) is 2.52. The summed E-state index contributed by atoms with van der Waals surface area (Å²) < 4.78 is 7.39. The molecule has 17 heavy (non-hydrogen) atoms. The number of carbonyl (C=O) groups excluding carboxylic acids is 1. The van der Waals surface area contributed by atoms with Gasteiger partial charge in [-0.3, -0.25) is 4.79 Å². The van der Waals surface area contributed by atoms with E-state index in [1.807, 2.05) is 24.3 Å². The third kappa shape index (κ3) is 3.52. The summed E-state index contributed by atoms with van der Waals surface area (Å²) in [5.41, 5.74) is 2.08. The van der Waals surface area contributed by atoms with Crippen molar-refractivity contribution in [2.24, 2.45) is 5.41 Å². The summed E-state index contributed by atoms with van der Waals surface area (Å²) in [5, 5.41) is 0.798. The van der Waals surface area contributed by atoms with Gasteiger partial charge in [0.15, 0.2) is 0 Å². The molecule has 0 aliphatic rings. The van der Waals surface area contributed by atoms with E-state index in [0.717, 1.165) is 16.6 Å².